The molecule has 1 aromatic carbocycles. The molecule has 2 aromatic rings. The second kappa shape index (κ2) is 6.20. The number of hydrogen-bond acceptors (Lipinski definition) is 2. The molecule has 1 atom stereocenters. The highest BCUT2D eigenvalue weighted by atomic mass is 79.9. The Hall–Kier alpha value is -0.650. The summed E-state index contributed by atoms with van der Waals surface area (Å²) in [6.45, 7) is 5.08. The van der Waals surface area contributed by atoms with Crippen LogP contribution >= 0.6 is 31.9 Å². The molecule has 0 saturated heterocycles. The second-order valence-electron chi connectivity index (χ2n) is 4.59. The number of benzene rings is 1. The van der Waals surface area contributed by atoms with Gasteiger partial charge in [-0.3, -0.25) is 4.68 Å². The smallest absolute Gasteiger partial charge is 0.0738 e. The first-order valence-electron chi connectivity index (χ1n) is 6.27. The van der Waals surface area contributed by atoms with Crippen LogP contribution < -0.4 is 5.73 Å². The van der Waals surface area contributed by atoms with E-state index in [0.717, 1.165) is 33.2 Å². The summed E-state index contributed by atoms with van der Waals surface area (Å²) in [5.41, 5.74) is 9.72. The van der Waals surface area contributed by atoms with E-state index in [1.165, 1.54) is 5.56 Å². The molecular weight excluding hydrogens is 370 g/mol. The molecule has 0 spiro atoms. The van der Waals surface area contributed by atoms with Crippen molar-refractivity contribution in [2.24, 2.45) is 5.73 Å². The minimum Gasteiger partial charge on any atom is -0.319 e. The molecule has 5 heteroatoms. The van der Waals surface area contributed by atoms with Crippen LogP contribution in [0.2, 0.25) is 0 Å². The van der Waals surface area contributed by atoms with Crippen LogP contribution in [-0.4, -0.2) is 9.78 Å². The highest BCUT2D eigenvalue weighted by Gasteiger charge is 2.18. The molecule has 2 rings (SSSR count). The van der Waals surface area contributed by atoms with E-state index in [1.54, 1.807) is 0 Å². The quantitative estimate of drug-likeness (QED) is 0.856. The third kappa shape index (κ3) is 3.09. The third-order valence-electron chi connectivity index (χ3n) is 3.10. The molecule has 1 unspecified atom stereocenters. The Labute approximate surface area is 130 Å². The van der Waals surface area contributed by atoms with Gasteiger partial charge in [-0.25, -0.2) is 0 Å². The SMILES string of the molecule is CCCn1ncc(Br)c1C(N)c1ccc(Br)c(C)c1. The van der Waals surface area contributed by atoms with E-state index in [4.69, 9.17) is 5.73 Å². The maximum Gasteiger partial charge on any atom is 0.0738 e. The zero-order valence-electron chi connectivity index (χ0n) is 11.0. The Morgan fingerprint density at radius 3 is 2.68 bits per heavy atom. The zero-order valence-corrected chi connectivity index (χ0v) is 14.2. The monoisotopic (exact) mass is 385 g/mol. The summed E-state index contributed by atoms with van der Waals surface area (Å²) < 4.78 is 4.05. The summed E-state index contributed by atoms with van der Waals surface area (Å²) in [7, 11) is 0. The topological polar surface area (TPSA) is 43.8 Å². The van der Waals surface area contributed by atoms with Gasteiger partial charge in [-0.2, -0.15) is 5.10 Å². The van der Waals surface area contributed by atoms with Crippen molar-refractivity contribution < 1.29 is 0 Å². The third-order valence-corrected chi connectivity index (χ3v) is 4.61. The van der Waals surface area contributed by atoms with Crippen LogP contribution in [0.5, 0.6) is 0 Å². The fourth-order valence-electron chi connectivity index (χ4n) is 2.09. The Kier molecular flexibility index (Phi) is 4.81. The van der Waals surface area contributed by atoms with Crippen molar-refractivity contribution in [3.63, 3.8) is 0 Å². The van der Waals surface area contributed by atoms with Crippen LogP contribution in [-0.2, 0) is 6.54 Å². The Bertz CT molecular complexity index is 578. The van der Waals surface area contributed by atoms with Gasteiger partial charge in [-0.1, -0.05) is 35.0 Å². The fraction of sp³-hybridized carbons (Fsp3) is 0.357. The lowest BCUT2D eigenvalue weighted by Crippen LogP contribution is -2.18. The van der Waals surface area contributed by atoms with E-state index in [-0.39, 0.29) is 6.04 Å². The number of nitrogens with zero attached hydrogens (tertiary/aromatic N) is 2. The average molecular weight is 387 g/mol. The number of halogens is 2. The van der Waals surface area contributed by atoms with Gasteiger partial charge in [-0.15, -0.1) is 0 Å². The van der Waals surface area contributed by atoms with Gasteiger partial charge < -0.3 is 5.73 Å². The summed E-state index contributed by atoms with van der Waals surface area (Å²) in [6, 6.07) is 6.04. The highest BCUT2D eigenvalue weighted by Crippen LogP contribution is 2.29. The summed E-state index contributed by atoms with van der Waals surface area (Å²) >= 11 is 7.06. The zero-order chi connectivity index (χ0) is 14.0. The molecule has 102 valence electrons. The molecule has 0 aliphatic rings. The largest absolute Gasteiger partial charge is 0.319 e. The van der Waals surface area contributed by atoms with E-state index in [0.29, 0.717) is 0 Å². The minimum atomic E-state index is -0.171. The van der Waals surface area contributed by atoms with E-state index < -0.39 is 0 Å². The van der Waals surface area contributed by atoms with Gasteiger partial charge in [0.25, 0.3) is 0 Å². The normalized spacial score (nSPS) is 12.7. The lowest BCUT2D eigenvalue weighted by Gasteiger charge is -2.16. The molecule has 0 aliphatic carbocycles. The van der Waals surface area contributed by atoms with Crippen LogP contribution in [0.25, 0.3) is 0 Å². The van der Waals surface area contributed by atoms with Crippen LogP contribution in [0, 0.1) is 6.92 Å². The molecule has 1 heterocycles. The van der Waals surface area contributed by atoms with Crippen LogP contribution in [0.1, 0.15) is 36.2 Å². The number of nitrogens with two attached hydrogens (primary N) is 1. The summed E-state index contributed by atoms with van der Waals surface area (Å²) in [4.78, 5) is 0. The van der Waals surface area contributed by atoms with Crippen LogP contribution in [0.3, 0.4) is 0 Å². The molecule has 0 fully saturated rings. The van der Waals surface area contributed by atoms with Crippen molar-refractivity contribution in [1.29, 1.82) is 0 Å². The molecule has 19 heavy (non-hydrogen) atoms. The van der Waals surface area contributed by atoms with Gasteiger partial charge in [0, 0.05) is 11.0 Å². The Morgan fingerprint density at radius 2 is 2.05 bits per heavy atom. The Morgan fingerprint density at radius 1 is 1.32 bits per heavy atom. The van der Waals surface area contributed by atoms with Crippen LogP contribution in [0.15, 0.2) is 33.3 Å². The molecule has 0 amide bonds. The van der Waals surface area contributed by atoms with E-state index >= 15 is 0 Å². The van der Waals surface area contributed by atoms with Gasteiger partial charge in [0.2, 0.25) is 0 Å². The number of aryl methyl sites for hydroxylation is 2. The number of rotatable bonds is 4. The predicted molar refractivity (Wildman–Crippen MR) is 85.1 cm³/mol. The molecule has 3 nitrogen and oxygen atoms in total. The van der Waals surface area contributed by atoms with Crippen molar-refractivity contribution >= 4 is 31.9 Å². The molecule has 1 aromatic heterocycles. The van der Waals surface area contributed by atoms with Crippen molar-refractivity contribution in [1.82, 2.24) is 9.78 Å². The summed E-state index contributed by atoms with van der Waals surface area (Å²) in [6.07, 6.45) is 2.85. The lowest BCUT2D eigenvalue weighted by atomic mass is 10.0. The molecular formula is C14H17Br2N3. The highest BCUT2D eigenvalue weighted by molar-refractivity contribution is 9.10. The Balaban J connectivity index is 2.40. The van der Waals surface area contributed by atoms with Crippen molar-refractivity contribution in [2.75, 3.05) is 0 Å². The molecule has 0 bridgehead atoms. The first kappa shape index (κ1) is 14.8. The van der Waals surface area contributed by atoms with Gasteiger partial charge in [0.1, 0.15) is 0 Å². The standard InChI is InChI=1S/C14H17Br2N3/c1-3-6-19-14(12(16)8-18-19)13(17)10-4-5-11(15)9(2)7-10/h4-5,7-8,13H,3,6,17H2,1-2H3. The van der Waals surface area contributed by atoms with Gasteiger partial charge in [-0.05, 0) is 46.5 Å². The molecule has 0 aliphatic heterocycles. The predicted octanol–water partition coefficient (Wildman–Crippen LogP) is 4.17. The molecule has 2 N–H and O–H groups in total. The first-order chi connectivity index (χ1) is 9.04. The number of hydrogen-bond donors (Lipinski definition) is 1. The minimum absolute atomic E-state index is 0.171. The van der Waals surface area contributed by atoms with Gasteiger partial charge >= 0.3 is 0 Å². The maximum atomic E-state index is 6.41. The van der Waals surface area contributed by atoms with Gasteiger partial charge in [0.15, 0.2) is 0 Å². The average Bonchev–Trinajstić information content (AvgIpc) is 2.74. The van der Waals surface area contributed by atoms with Crippen molar-refractivity contribution in [2.45, 2.75) is 32.9 Å². The second-order valence-corrected chi connectivity index (χ2v) is 6.30. The first-order valence-corrected chi connectivity index (χ1v) is 7.86. The van der Waals surface area contributed by atoms with Gasteiger partial charge in [0.05, 0.1) is 22.4 Å². The van der Waals surface area contributed by atoms with Crippen molar-refractivity contribution in [3.05, 3.63) is 50.2 Å². The van der Waals surface area contributed by atoms with E-state index in [2.05, 4.69) is 62.9 Å². The maximum absolute atomic E-state index is 6.41. The fourth-order valence-corrected chi connectivity index (χ4v) is 2.88. The number of aromatic nitrogens is 2. The van der Waals surface area contributed by atoms with Crippen LogP contribution in [0.4, 0.5) is 0 Å². The summed E-state index contributed by atoms with van der Waals surface area (Å²) in [5.74, 6) is 0. The molecule has 0 saturated carbocycles. The van der Waals surface area contributed by atoms with E-state index in [1.807, 2.05) is 16.9 Å². The van der Waals surface area contributed by atoms with Crippen molar-refractivity contribution in [3.8, 4) is 0 Å². The lowest BCUT2D eigenvalue weighted by molar-refractivity contribution is 0.559. The van der Waals surface area contributed by atoms with E-state index in [9.17, 15) is 0 Å². The summed E-state index contributed by atoms with van der Waals surface area (Å²) in [5, 5.41) is 4.37. The molecule has 0 radical (unpaired) electrons.